The van der Waals surface area contributed by atoms with E-state index in [1.165, 1.54) is 11.2 Å². The molecule has 6 nitrogen and oxygen atoms in total. The number of nitrogens with two attached hydrogens (primary N) is 1. The number of aryl methyl sites for hydroxylation is 1. The average Bonchev–Trinajstić information content (AvgIpc) is 2.71. The Bertz CT molecular complexity index is 411. The van der Waals surface area contributed by atoms with E-state index in [2.05, 4.69) is 5.16 Å². The van der Waals surface area contributed by atoms with Crippen LogP contribution in [0.15, 0.2) is 21.9 Å². The quantitative estimate of drug-likeness (QED) is 0.344. The predicted molar refractivity (Wildman–Crippen MR) is 58.4 cm³/mol. The van der Waals surface area contributed by atoms with Gasteiger partial charge in [0.05, 0.1) is 11.6 Å². The lowest BCUT2D eigenvalue weighted by Gasteiger charge is -2.22. The van der Waals surface area contributed by atoms with Crippen LogP contribution >= 0.6 is 0 Å². The van der Waals surface area contributed by atoms with Crippen molar-refractivity contribution in [1.82, 2.24) is 4.90 Å². The second-order valence-corrected chi connectivity index (χ2v) is 3.56. The molecule has 0 bridgehead atoms. The lowest BCUT2D eigenvalue weighted by molar-refractivity contribution is 0.0775. The van der Waals surface area contributed by atoms with Crippen molar-refractivity contribution in [3.05, 3.63) is 23.7 Å². The molecule has 1 amide bonds. The van der Waals surface area contributed by atoms with E-state index < -0.39 is 6.04 Å². The molecule has 1 atom stereocenters. The van der Waals surface area contributed by atoms with E-state index >= 15 is 0 Å². The van der Waals surface area contributed by atoms with Gasteiger partial charge in [-0.3, -0.25) is 4.79 Å². The number of carbonyl (C=O) groups is 1. The van der Waals surface area contributed by atoms with Gasteiger partial charge in [-0.2, -0.15) is 0 Å². The van der Waals surface area contributed by atoms with Gasteiger partial charge in [0.1, 0.15) is 12.0 Å². The van der Waals surface area contributed by atoms with Crippen LogP contribution in [0.1, 0.15) is 23.0 Å². The van der Waals surface area contributed by atoms with E-state index in [1.807, 2.05) is 0 Å². The van der Waals surface area contributed by atoms with Crippen molar-refractivity contribution in [2.45, 2.75) is 19.9 Å². The molecule has 1 heterocycles. The number of carbonyl (C=O) groups excluding carboxylic acids is 1. The summed E-state index contributed by atoms with van der Waals surface area (Å²) in [4.78, 5) is 13.3. The molecule has 16 heavy (non-hydrogen) atoms. The monoisotopic (exact) mass is 225 g/mol. The van der Waals surface area contributed by atoms with Gasteiger partial charge in [0.15, 0.2) is 5.84 Å². The Kier molecular flexibility index (Phi) is 3.55. The Morgan fingerprint density at radius 3 is 2.75 bits per heavy atom. The molecule has 0 saturated heterocycles. The largest absolute Gasteiger partial charge is 0.469 e. The Morgan fingerprint density at radius 2 is 2.31 bits per heavy atom. The molecule has 0 aliphatic rings. The Morgan fingerprint density at radius 1 is 1.69 bits per heavy atom. The van der Waals surface area contributed by atoms with Crippen LogP contribution in [0, 0.1) is 6.92 Å². The van der Waals surface area contributed by atoms with Crippen molar-refractivity contribution >= 4 is 11.7 Å². The molecule has 1 aromatic rings. The van der Waals surface area contributed by atoms with Crippen LogP contribution in [0.2, 0.25) is 0 Å². The molecule has 0 aliphatic carbocycles. The number of rotatable bonds is 3. The zero-order valence-electron chi connectivity index (χ0n) is 9.47. The van der Waals surface area contributed by atoms with Gasteiger partial charge in [-0.25, -0.2) is 0 Å². The fraction of sp³-hybridized carbons (Fsp3) is 0.400. The number of likely N-dealkylation sites (N-methyl/N-ethyl adjacent to an activating group) is 1. The van der Waals surface area contributed by atoms with Gasteiger partial charge in [0.25, 0.3) is 5.91 Å². The molecule has 0 saturated carbocycles. The molecule has 0 spiro atoms. The normalized spacial score (nSPS) is 13.6. The number of furan rings is 1. The van der Waals surface area contributed by atoms with Gasteiger partial charge < -0.3 is 20.3 Å². The minimum atomic E-state index is -0.479. The molecular formula is C10H15N3O3. The van der Waals surface area contributed by atoms with E-state index in [1.54, 1.807) is 27.0 Å². The van der Waals surface area contributed by atoms with E-state index in [-0.39, 0.29) is 11.7 Å². The molecular weight excluding hydrogens is 210 g/mol. The highest BCUT2D eigenvalue weighted by Crippen LogP contribution is 2.10. The fourth-order valence-electron chi connectivity index (χ4n) is 1.22. The summed E-state index contributed by atoms with van der Waals surface area (Å²) in [6.45, 7) is 3.42. The first-order valence-electron chi connectivity index (χ1n) is 4.77. The van der Waals surface area contributed by atoms with Crippen LogP contribution in [0.25, 0.3) is 0 Å². The van der Waals surface area contributed by atoms with Crippen molar-refractivity contribution in [2.24, 2.45) is 10.9 Å². The highest BCUT2D eigenvalue weighted by Gasteiger charge is 2.21. The number of oxime groups is 1. The molecule has 1 unspecified atom stereocenters. The molecule has 1 aromatic heterocycles. The molecule has 1 rings (SSSR count). The van der Waals surface area contributed by atoms with Crippen molar-refractivity contribution in [3.63, 3.8) is 0 Å². The number of hydrogen-bond acceptors (Lipinski definition) is 4. The number of amidine groups is 1. The number of amides is 1. The summed E-state index contributed by atoms with van der Waals surface area (Å²) in [7, 11) is 1.58. The van der Waals surface area contributed by atoms with E-state index in [4.69, 9.17) is 15.4 Å². The summed E-state index contributed by atoms with van der Waals surface area (Å²) < 4.78 is 5.04. The third kappa shape index (κ3) is 2.33. The summed E-state index contributed by atoms with van der Waals surface area (Å²) in [5.74, 6) is 0.403. The highest BCUT2D eigenvalue weighted by atomic mass is 16.4. The number of hydrogen-bond donors (Lipinski definition) is 2. The molecule has 88 valence electrons. The highest BCUT2D eigenvalue weighted by molar-refractivity contribution is 5.97. The van der Waals surface area contributed by atoms with Crippen LogP contribution in [0.5, 0.6) is 0 Å². The molecule has 0 aromatic carbocycles. The lowest BCUT2D eigenvalue weighted by Crippen LogP contribution is -2.43. The van der Waals surface area contributed by atoms with Gasteiger partial charge >= 0.3 is 0 Å². The first-order valence-corrected chi connectivity index (χ1v) is 4.77. The van der Waals surface area contributed by atoms with Crippen LogP contribution in [-0.4, -0.2) is 34.9 Å². The maximum absolute atomic E-state index is 11.9. The van der Waals surface area contributed by atoms with E-state index in [9.17, 15) is 4.79 Å². The van der Waals surface area contributed by atoms with Crippen LogP contribution in [0.3, 0.4) is 0 Å². The lowest BCUT2D eigenvalue weighted by atomic mass is 10.2. The van der Waals surface area contributed by atoms with Crippen LogP contribution < -0.4 is 5.73 Å². The van der Waals surface area contributed by atoms with Gasteiger partial charge in [-0.15, -0.1) is 0 Å². The van der Waals surface area contributed by atoms with E-state index in [0.29, 0.717) is 11.3 Å². The second-order valence-electron chi connectivity index (χ2n) is 3.56. The minimum Gasteiger partial charge on any atom is -0.469 e. The van der Waals surface area contributed by atoms with Crippen molar-refractivity contribution < 1.29 is 14.4 Å². The summed E-state index contributed by atoms with van der Waals surface area (Å²) in [6, 6.07) is 1.16. The van der Waals surface area contributed by atoms with E-state index in [0.717, 1.165) is 0 Å². The Labute approximate surface area is 93.3 Å². The van der Waals surface area contributed by atoms with Gasteiger partial charge in [-0.05, 0) is 19.9 Å². The molecule has 0 aliphatic heterocycles. The van der Waals surface area contributed by atoms with Crippen molar-refractivity contribution in [2.75, 3.05) is 7.05 Å². The zero-order chi connectivity index (χ0) is 12.3. The van der Waals surface area contributed by atoms with Crippen molar-refractivity contribution in [1.29, 1.82) is 0 Å². The molecule has 3 N–H and O–H groups in total. The van der Waals surface area contributed by atoms with Crippen molar-refractivity contribution in [3.8, 4) is 0 Å². The van der Waals surface area contributed by atoms with Crippen LogP contribution in [-0.2, 0) is 0 Å². The first kappa shape index (κ1) is 12.1. The standard InChI is InChI=1S/C10H15N3O3/c1-6-4-8(5-16-6)10(14)13(3)7(2)9(11)12-15/h4-5,7,15H,1-3H3,(H2,11,12). The first-order chi connectivity index (χ1) is 7.47. The maximum Gasteiger partial charge on any atom is 0.257 e. The summed E-state index contributed by atoms with van der Waals surface area (Å²) in [6.07, 6.45) is 1.38. The topological polar surface area (TPSA) is 92.1 Å². The van der Waals surface area contributed by atoms with Gasteiger partial charge in [-0.1, -0.05) is 5.16 Å². The average molecular weight is 225 g/mol. The minimum absolute atomic E-state index is 0.0175. The third-order valence-electron chi connectivity index (χ3n) is 2.42. The molecule has 0 fully saturated rings. The second kappa shape index (κ2) is 4.69. The maximum atomic E-state index is 11.9. The Balaban J connectivity index is 2.82. The number of nitrogens with zero attached hydrogens (tertiary/aromatic N) is 2. The summed E-state index contributed by atoms with van der Waals surface area (Å²) in [5.41, 5.74) is 5.86. The smallest absolute Gasteiger partial charge is 0.257 e. The molecule has 0 radical (unpaired) electrons. The predicted octanol–water partition coefficient (Wildman–Crippen LogP) is 0.795. The Hall–Kier alpha value is -1.98. The van der Waals surface area contributed by atoms with Gasteiger partial charge in [0, 0.05) is 7.05 Å². The fourth-order valence-corrected chi connectivity index (χ4v) is 1.22. The SMILES string of the molecule is Cc1cc(C(=O)N(C)C(C)C(N)=NO)co1. The zero-order valence-corrected chi connectivity index (χ0v) is 9.47. The van der Waals surface area contributed by atoms with Crippen LogP contribution in [0.4, 0.5) is 0 Å². The molecule has 6 heteroatoms. The summed E-state index contributed by atoms with van der Waals surface area (Å²) in [5, 5.41) is 11.4. The third-order valence-corrected chi connectivity index (χ3v) is 2.42. The summed E-state index contributed by atoms with van der Waals surface area (Å²) >= 11 is 0. The van der Waals surface area contributed by atoms with Gasteiger partial charge in [0.2, 0.25) is 0 Å².